The van der Waals surface area contributed by atoms with Gasteiger partial charge < -0.3 is 31.5 Å². The largest absolute Gasteiger partial charge is 0.393 e. The summed E-state index contributed by atoms with van der Waals surface area (Å²) in [6.45, 7) is 8.24. The minimum Gasteiger partial charge on any atom is -0.393 e. The van der Waals surface area contributed by atoms with Crippen LogP contribution in [0.25, 0.3) is 0 Å². The number of rotatable bonds is 11. The molecule has 0 aliphatic carbocycles. The number of nitrogens with one attached hydrogen (secondary N) is 1. The Morgan fingerprint density at radius 1 is 0.769 bits per heavy atom. The summed E-state index contributed by atoms with van der Waals surface area (Å²) >= 11 is 0. The highest BCUT2D eigenvalue weighted by Gasteiger charge is 2.20. The van der Waals surface area contributed by atoms with Crippen LogP contribution in [-0.4, -0.2) is 51.4 Å². The highest BCUT2D eigenvalue weighted by molar-refractivity contribution is 5.47. The van der Waals surface area contributed by atoms with E-state index in [9.17, 15) is 20.4 Å². The quantitative estimate of drug-likeness (QED) is 0.336. The third-order valence-corrected chi connectivity index (χ3v) is 4.33. The first-order chi connectivity index (χ1) is 12.1. The van der Waals surface area contributed by atoms with Gasteiger partial charge >= 0.3 is 0 Å². The second-order valence-electron chi connectivity index (χ2n) is 7.47. The molecule has 0 saturated heterocycles. The number of aliphatic hydroxyl groups excluding tert-OH is 4. The van der Waals surface area contributed by atoms with Crippen molar-refractivity contribution in [2.45, 2.75) is 84.5 Å². The zero-order valence-electron chi connectivity index (χ0n) is 16.5. The first-order valence-electron chi connectivity index (χ1n) is 9.44. The summed E-state index contributed by atoms with van der Waals surface area (Å²) in [7, 11) is 0. The molecule has 1 rings (SSSR count). The lowest BCUT2D eigenvalue weighted by Crippen LogP contribution is -2.27. The number of aliphatic hydroxyl groups is 4. The molecule has 0 aliphatic rings. The van der Waals surface area contributed by atoms with Crippen LogP contribution in [0.5, 0.6) is 0 Å². The first kappa shape index (κ1) is 23.0. The van der Waals surface area contributed by atoms with Crippen molar-refractivity contribution in [3.63, 3.8) is 0 Å². The molecule has 4 unspecified atom stereocenters. The van der Waals surface area contributed by atoms with Gasteiger partial charge in [-0.1, -0.05) is 6.07 Å². The predicted molar refractivity (Wildman–Crippen MR) is 104 cm³/mol. The summed E-state index contributed by atoms with van der Waals surface area (Å²) in [4.78, 5) is 0. The van der Waals surface area contributed by atoms with E-state index in [-0.39, 0.29) is 0 Å². The van der Waals surface area contributed by atoms with Crippen molar-refractivity contribution in [1.29, 1.82) is 0 Å². The van der Waals surface area contributed by atoms with Gasteiger partial charge in [0.05, 0.1) is 24.4 Å². The van der Waals surface area contributed by atoms with Crippen molar-refractivity contribution in [3.8, 4) is 0 Å². The first-order valence-corrected chi connectivity index (χ1v) is 9.44. The number of benzene rings is 1. The summed E-state index contributed by atoms with van der Waals surface area (Å²) in [6, 6.07) is 2.02. The van der Waals surface area contributed by atoms with E-state index in [1.54, 1.807) is 27.7 Å². The van der Waals surface area contributed by atoms with Crippen molar-refractivity contribution < 1.29 is 20.4 Å². The maximum atomic E-state index is 9.95. The fourth-order valence-electron chi connectivity index (χ4n) is 3.38. The summed E-state index contributed by atoms with van der Waals surface area (Å²) < 4.78 is 0. The van der Waals surface area contributed by atoms with Crippen LogP contribution >= 0.6 is 0 Å². The molecule has 0 aliphatic heterocycles. The van der Waals surface area contributed by atoms with Crippen molar-refractivity contribution in [2.75, 3.05) is 6.54 Å². The normalized spacial score (nSPS) is 16.3. The van der Waals surface area contributed by atoms with Crippen LogP contribution in [0.15, 0.2) is 6.07 Å². The highest BCUT2D eigenvalue weighted by Crippen LogP contribution is 2.27. The van der Waals surface area contributed by atoms with E-state index in [0.717, 1.165) is 27.8 Å². The van der Waals surface area contributed by atoms with E-state index in [1.807, 2.05) is 6.07 Å². The molecule has 1 aromatic carbocycles. The Balaban J connectivity index is 3.44. The van der Waals surface area contributed by atoms with E-state index < -0.39 is 24.4 Å². The summed E-state index contributed by atoms with van der Waals surface area (Å²) in [5, 5.41) is 42.5. The molecule has 0 radical (unpaired) electrons. The van der Waals surface area contributed by atoms with Crippen LogP contribution in [0.4, 0.5) is 0 Å². The Hall–Kier alpha value is -1.02. The van der Waals surface area contributed by atoms with E-state index in [1.165, 1.54) is 0 Å². The van der Waals surface area contributed by atoms with Gasteiger partial charge in [-0.25, -0.2) is 0 Å². The van der Waals surface area contributed by atoms with Crippen LogP contribution < -0.4 is 11.1 Å². The zero-order chi connectivity index (χ0) is 19.9. The smallest absolute Gasteiger partial charge is 0.0636 e. The van der Waals surface area contributed by atoms with Crippen molar-refractivity contribution >= 4 is 0 Å². The fourth-order valence-corrected chi connectivity index (χ4v) is 3.38. The summed E-state index contributed by atoms with van der Waals surface area (Å²) in [6.07, 6.45) is -0.557. The van der Waals surface area contributed by atoms with Crippen LogP contribution in [-0.2, 0) is 32.4 Å². The number of nitrogens with two attached hydrogens (primary N) is 1. The molecule has 7 N–H and O–H groups in total. The van der Waals surface area contributed by atoms with Crippen LogP contribution in [0.1, 0.15) is 55.5 Å². The molecule has 0 aromatic heterocycles. The molecule has 150 valence electrons. The monoisotopic (exact) mass is 368 g/mol. The average molecular weight is 369 g/mol. The van der Waals surface area contributed by atoms with Gasteiger partial charge in [0.15, 0.2) is 0 Å². The van der Waals surface area contributed by atoms with Gasteiger partial charge in [0.2, 0.25) is 0 Å². The van der Waals surface area contributed by atoms with E-state index in [0.29, 0.717) is 38.9 Å². The molecule has 0 heterocycles. The molecule has 0 fully saturated rings. The average Bonchev–Trinajstić information content (AvgIpc) is 2.49. The molecular formula is C20H36N2O4. The summed E-state index contributed by atoms with van der Waals surface area (Å²) in [5.41, 5.74) is 11.0. The van der Waals surface area contributed by atoms with Crippen molar-refractivity contribution in [2.24, 2.45) is 5.73 Å². The lowest BCUT2D eigenvalue weighted by molar-refractivity contribution is 0.187. The Labute approximate surface area is 157 Å². The molecule has 0 bridgehead atoms. The summed E-state index contributed by atoms with van der Waals surface area (Å²) in [5.74, 6) is 0. The Bertz CT molecular complexity index is 557. The third-order valence-electron chi connectivity index (χ3n) is 4.33. The lowest BCUT2D eigenvalue weighted by Gasteiger charge is -2.24. The van der Waals surface area contributed by atoms with Gasteiger partial charge in [-0.15, -0.1) is 0 Å². The minimum absolute atomic E-state index is 0.314. The van der Waals surface area contributed by atoms with Gasteiger partial charge in [-0.05, 0) is 74.8 Å². The molecule has 0 saturated carbocycles. The van der Waals surface area contributed by atoms with Gasteiger partial charge in [-0.2, -0.15) is 0 Å². The third kappa shape index (κ3) is 7.31. The standard InChI is InChI=1S/C20H36N2O4/c1-12(23)5-16-8-17(6-13(2)24)20(11-22-10-15(4)26)19(9-21)18(16)7-14(3)25/h8,12-15,22-26H,5-7,9-11,21H2,1-4H3. The second-order valence-corrected chi connectivity index (χ2v) is 7.47. The maximum Gasteiger partial charge on any atom is 0.0636 e. The van der Waals surface area contributed by atoms with E-state index in [4.69, 9.17) is 5.73 Å². The van der Waals surface area contributed by atoms with Gasteiger partial charge in [0.25, 0.3) is 0 Å². The molecular weight excluding hydrogens is 332 g/mol. The van der Waals surface area contributed by atoms with Gasteiger partial charge in [0, 0.05) is 19.6 Å². The Morgan fingerprint density at radius 3 is 1.69 bits per heavy atom. The zero-order valence-corrected chi connectivity index (χ0v) is 16.5. The molecule has 0 amide bonds. The van der Waals surface area contributed by atoms with E-state index in [2.05, 4.69) is 5.32 Å². The van der Waals surface area contributed by atoms with Crippen molar-refractivity contribution in [3.05, 3.63) is 33.9 Å². The van der Waals surface area contributed by atoms with Crippen LogP contribution in [0, 0.1) is 0 Å². The van der Waals surface area contributed by atoms with Gasteiger partial charge in [-0.3, -0.25) is 0 Å². The molecule has 6 heteroatoms. The van der Waals surface area contributed by atoms with Gasteiger partial charge in [0.1, 0.15) is 0 Å². The topological polar surface area (TPSA) is 119 Å². The lowest BCUT2D eigenvalue weighted by atomic mass is 9.85. The SMILES string of the molecule is CC(O)CNCc1c(CC(C)O)cc(CC(C)O)c(CC(C)O)c1CN. The Morgan fingerprint density at radius 2 is 1.27 bits per heavy atom. The van der Waals surface area contributed by atoms with Crippen molar-refractivity contribution in [1.82, 2.24) is 5.32 Å². The fraction of sp³-hybridized carbons (Fsp3) is 0.700. The molecule has 26 heavy (non-hydrogen) atoms. The minimum atomic E-state index is -0.520. The molecule has 0 spiro atoms. The number of hydrogen-bond acceptors (Lipinski definition) is 6. The predicted octanol–water partition coefficient (Wildman–Crippen LogP) is 0.386. The molecule has 6 nitrogen and oxygen atoms in total. The van der Waals surface area contributed by atoms with E-state index >= 15 is 0 Å². The molecule has 1 aromatic rings. The maximum absolute atomic E-state index is 9.95. The highest BCUT2D eigenvalue weighted by atomic mass is 16.3. The Kier molecular flexibility index (Phi) is 9.71. The molecule has 4 atom stereocenters. The van der Waals surface area contributed by atoms with Crippen LogP contribution in [0.3, 0.4) is 0 Å². The second kappa shape index (κ2) is 11.0. The van der Waals surface area contributed by atoms with Crippen LogP contribution in [0.2, 0.25) is 0 Å². The number of hydrogen-bond donors (Lipinski definition) is 6.